The Kier molecular flexibility index (Phi) is 2.37. The molecule has 0 saturated heterocycles. The number of nitrogens with zero attached hydrogens (tertiary/aromatic N) is 1. The number of para-hydroxylation sites is 1. The van der Waals surface area contributed by atoms with Gasteiger partial charge in [0.15, 0.2) is 0 Å². The molecule has 1 aromatic heterocycles. The van der Waals surface area contributed by atoms with Gasteiger partial charge in [0.2, 0.25) is 0 Å². The normalized spacial score (nSPS) is 10.9. The SMILES string of the molecule is Fc1ccc(-n2ccc3ccccc32)c(Cl)c1. The van der Waals surface area contributed by atoms with Gasteiger partial charge in [-0.15, -0.1) is 0 Å². The number of halogens is 2. The van der Waals surface area contributed by atoms with Crippen LogP contribution in [0.4, 0.5) is 4.39 Å². The Morgan fingerprint density at radius 1 is 1.00 bits per heavy atom. The molecule has 0 aliphatic rings. The highest BCUT2D eigenvalue weighted by Crippen LogP contribution is 2.26. The molecule has 0 aliphatic carbocycles. The van der Waals surface area contributed by atoms with Crippen molar-refractivity contribution in [3.05, 3.63) is 65.6 Å². The Morgan fingerprint density at radius 3 is 2.65 bits per heavy atom. The topological polar surface area (TPSA) is 4.93 Å². The summed E-state index contributed by atoms with van der Waals surface area (Å²) in [5.41, 5.74) is 1.84. The Hall–Kier alpha value is -1.80. The second kappa shape index (κ2) is 3.90. The zero-order valence-electron chi connectivity index (χ0n) is 8.90. The fraction of sp³-hybridized carbons (Fsp3) is 0. The van der Waals surface area contributed by atoms with Crippen molar-refractivity contribution in [3.8, 4) is 5.69 Å². The van der Waals surface area contributed by atoms with E-state index in [4.69, 9.17) is 11.6 Å². The fourth-order valence-electron chi connectivity index (χ4n) is 1.97. The van der Waals surface area contributed by atoms with Crippen LogP contribution in [0, 0.1) is 5.82 Å². The van der Waals surface area contributed by atoms with Crippen molar-refractivity contribution in [2.75, 3.05) is 0 Å². The highest BCUT2D eigenvalue weighted by atomic mass is 35.5. The van der Waals surface area contributed by atoms with E-state index in [1.54, 1.807) is 6.07 Å². The van der Waals surface area contributed by atoms with Crippen molar-refractivity contribution in [3.63, 3.8) is 0 Å². The lowest BCUT2D eigenvalue weighted by Crippen LogP contribution is -1.93. The molecule has 1 nitrogen and oxygen atoms in total. The number of fused-ring (bicyclic) bond motifs is 1. The van der Waals surface area contributed by atoms with Crippen molar-refractivity contribution in [1.29, 1.82) is 0 Å². The summed E-state index contributed by atoms with van der Waals surface area (Å²) in [5, 5.41) is 1.54. The van der Waals surface area contributed by atoms with E-state index in [-0.39, 0.29) is 5.82 Å². The highest BCUT2D eigenvalue weighted by Gasteiger charge is 2.06. The highest BCUT2D eigenvalue weighted by molar-refractivity contribution is 6.32. The molecule has 0 spiro atoms. The Morgan fingerprint density at radius 2 is 1.82 bits per heavy atom. The van der Waals surface area contributed by atoms with Crippen LogP contribution in [0.15, 0.2) is 54.7 Å². The minimum Gasteiger partial charge on any atom is -0.315 e. The van der Waals surface area contributed by atoms with Crippen molar-refractivity contribution in [2.45, 2.75) is 0 Å². The molecular weight excluding hydrogens is 237 g/mol. The predicted octanol–water partition coefficient (Wildman–Crippen LogP) is 4.42. The third kappa shape index (κ3) is 1.71. The lowest BCUT2D eigenvalue weighted by atomic mass is 10.2. The molecule has 3 rings (SSSR count). The smallest absolute Gasteiger partial charge is 0.124 e. The van der Waals surface area contributed by atoms with E-state index in [1.165, 1.54) is 12.1 Å². The Labute approximate surface area is 103 Å². The first-order valence-corrected chi connectivity index (χ1v) is 5.65. The first kappa shape index (κ1) is 10.4. The molecule has 0 aliphatic heterocycles. The summed E-state index contributed by atoms with van der Waals surface area (Å²) in [4.78, 5) is 0. The van der Waals surface area contributed by atoms with E-state index >= 15 is 0 Å². The van der Waals surface area contributed by atoms with Gasteiger partial charge in [0.1, 0.15) is 5.82 Å². The molecule has 0 saturated carbocycles. The quantitative estimate of drug-likeness (QED) is 0.598. The molecule has 0 unspecified atom stereocenters. The average Bonchev–Trinajstić information content (AvgIpc) is 2.73. The lowest BCUT2D eigenvalue weighted by Gasteiger charge is -2.07. The zero-order chi connectivity index (χ0) is 11.8. The molecule has 1 heterocycles. The third-order valence-electron chi connectivity index (χ3n) is 2.77. The molecule has 84 valence electrons. The average molecular weight is 246 g/mol. The van der Waals surface area contributed by atoms with Crippen LogP contribution in [0.5, 0.6) is 0 Å². The van der Waals surface area contributed by atoms with Crippen LogP contribution in [0.3, 0.4) is 0 Å². The second-order valence-corrected chi connectivity index (χ2v) is 4.25. The van der Waals surface area contributed by atoms with Crippen molar-refractivity contribution < 1.29 is 4.39 Å². The summed E-state index contributed by atoms with van der Waals surface area (Å²) < 4.78 is 15.0. The first-order valence-electron chi connectivity index (χ1n) is 5.27. The Bertz CT molecular complexity index is 688. The third-order valence-corrected chi connectivity index (χ3v) is 3.07. The number of aromatic nitrogens is 1. The molecule has 2 aromatic carbocycles. The van der Waals surface area contributed by atoms with Crippen LogP contribution in [0.1, 0.15) is 0 Å². The maximum absolute atomic E-state index is 13.0. The van der Waals surface area contributed by atoms with Gasteiger partial charge in [-0.05, 0) is 35.7 Å². The van der Waals surface area contributed by atoms with Gasteiger partial charge in [-0.2, -0.15) is 0 Å². The number of hydrogen-bond donors (Lipinski definition) is 0. The molecule has 0 fully saturated rings. The van der Waals surface area contributed by atoms with Crippen LogP contribution in [-0.2, 0) is 0 Å². The number of rotatable bonds is 1. The molecule has 0 amide bonds. The van der Waals surface area contributed by atoms with Crippen LogP contribution in [0.25, 0.3) is 16.6 Å². The van der Waals surface area contributed by atoms with Crippen LogP contribution < -0.4 is 0 Å². The van der Waals surface area contributed by atoms with Gasteiger partial charge in [0.25, 0.3) is 0 Å². The number of benzene rings is 2. The van der Waals surface area contributed by atoms with Crippen LogP contribution in [-0.4, -0.2) is 4.57 Å². The largest absolute Gasteiger partial charge is 0.315 e. The fourth-order valence-corrected chi connectivity index (χ4v) is 2.23. The van der Waals surface area contributed by atoms with Crippen LogP contribution >= 0.6 is 11.6 Å². The van der Waals surface area contributed by atoms with E-state index in [9.17, 15) is 4.39 Å². The van der Waals surface area contributed by atoms with E-state index in [0.717, 1.165) is 16.6 Å². The van der Waals surface area contributed by atoms with Gasteiger partial charge in [-0.3, -0.25) is 0 Å². The summed E-state index contributed by atoms with van der Waals surface area (Å²) >= 11 is 6.06. The summed E-state index contributed by atoms with van der Waals surface area (Å²) in [6, 6.07) is 14.4. The minimum atomic E-state index is -0.324. The zero-order valence-corrected chi connectivity index (χ0v) is 9.66. The molecule has 3 heteroatoms. The van der Waals surface area contributed by atoms with Crippen molar-refractivity contribution in [2.24, 2.45) is 0 Å². The van der Waals surface area contributed by atoms with E-state index in [0.29, 0.717) is 5.02 Å². The van der Waals surface area contributed by atoms with Crippen molar-refractivity contribution >= 4 is 22.5 Å². The van der Waals surface area contributed by atoms with E-state index in [2.05, 4.69) is 0 Å². The van der Waals surface area contributed by atoms with Gasteiger partial charge in [0, 0.05) is 6.20 Å². The molecule has 0 atom stereocenters. The van der Waals surface area contributed by atoms with Gasteiger partial charge < -0.3 is 4.57 Å². The lowest BCUT2D eigenvalue weighted by molar-refractivity contribution is 0.627. The predicted molar refractivity (Wildman–Crippen MR) is 68.2 cm³/mol. The summed E-state index contributed by atoms with van der Waals surface area (Å²) in [7, 11) is 0. The monoisotopic (exact) mass is 245 g/mol. The molecule has 0 N–H and O–H groups in total. The van der Waals surface area contributed by atoms with E-state index in [1.807, 2.05) is 41.1 Å². The molecule has 0 bridgehead atoms. The van der Waals surface area contributed by atoms with Crippen molar-refractivity contribution in [1.82, 2.24) is 4.57 Å². The van der Waals surface area contributed by atoms with Gasteiger partial charge in [-0.25, -0.2) is 4.39 Å². The maximum atomic E-state index is 13.0. The maximum Gasteiger partial charge on any atom is 0.124 e. The standard InChI is InChI=1S/C14H9ClFN/c15-12-9-11(16)5-6-14(12)17-8-7-10-3-1-2-4-13(10)17/h1-9H. The summed E-state index contributed by atoms with van der Waals surface area (Å²) in [6.07, 6.45) is 1.93. The molecule has 0 radical (unpaired) electrons. The van der Waals surface area contributed by atoms with E-state index < -0.39 is 0 Å². The molecular formula is C14H9ClFN. The Balaban J connectivity index is 2.27. The molecule has 17 heavy (non-hydrogen) atoms. The minimum absolute atomic E-state index is 0.324. The summed E-state index contributed by atoms with van der Waals surface area (Å²) in [6.45, 7) is 0. The second-order valence-electron chi connectivity index (χ2n) is 3.84. The first-order chi connectivity index (χ1) is 8.25. The summed E-state index contributed by atoms with van der Waals surface area (Å²) in [5.74, 6) is -0.324. The van der Waals surface area contributed by atoms with Gasteiger partial charge >= 0.3 is 0 Å². The van der Waals surface area contributed by atoms with Crippen LogP contribution in [0.2, 0.25) is 5.02 Å². The van der Waals surface area contributed by atoms with Gasteiger partial charge in [0.05, 0.1) is 16.2 Å². The van der Waals surface area contributed by atoms with Gasteiger partial charge in [-0.1, -0.05) is 29.8 Å². The molecule has 3 aromatic rings. The number of hydrogen-bond acceptors (Lipinski definition) is 0.